The number of carbonyl (C=O) groups excluding carboxylic acids is 4. The molecule has 10 nitrogen and oxygen atoms in total. The second-order valence-electron chi connectivity index (χ2n) is 9.81. The van der Waals surface area contributed by atoms with Crippen molar-refractivity contribution in [2.45, 2.75) is 51.0 Å². The number of aryl methyl sites for hydroxylation is 2. The molecule has 3 N–H and O–H groups in total. The number of carbonyl (C=O) groups is 4. The predicted molar refractivity (Wildman–Crippen MR) is 150 cm³/mol. The van der Waals surface area contributed by atoms with Gasteiger partial charge in [0.15, 0.2) is 12.2 Å². The zero-order valence-electron chi connectivity index (χ0n) is 23.1. The first-order valence-electron chi connectivity index (χ1n) is 13.2. The number of ether oxygens (including phenoxy) is 2. The smallest absolute Gasteiger partial charge is 0.338 e. The van der Waals surface area contributed by atoms with Gasteiger partial charge in [0, 0.05) is 17.1 Å². The van der Waals surface area contributed by atoms with E-state index in [0.29, 0.717) is 6.04 Å². The van der Waals surface area contributed by atoms with E-state index in [2.05, 4.69) is 5.32 Å². The predicted octanol–water partition coefficient (Wildman–Crippen LogP) is 1.65. The quantitative estimate of drug-likeness (QED) is 0.365. The van der Waals surface area contributed by atoms with Crippen molar-refractivity contribution in [2.24, 2.45) is 5.73 Å². The third-order valence-corrected chi connectivity index (χ3v) is 6.77. The number of hydrogen-bond acceptors (Lipinski definition) is 10. The monoisotopic (exact) mass is 594 g/mol. The highest BCUT2D eigenvalue weighted by Gasteiger charge is 2.32. The molecule has 11 heteroatoms. The highest BCUT2D eigenvalue weighted by Crippen LogP contribution is 2.23. The first-order valence-corrected chi connectivity index (χ1v) is 13.6. The van der Waals surface area contributed by atoms with Crippen molar-refractivity contribution < 1.29 is 38.9 Å². The van der Waals surface area contributed by atoms with Crippen molar-refractivity contribution in [1.82, 2.24) is 5.32 Å². The summed E-state index contributed by atoms with van der Waals surface area (Å²) in [5, 5.41) is 26.9. The normalized spacial score (nSPS) is 17.5. The van der Waals surface area contributed by atoms with Gasteiger partial charge in [-0.1, -0.05) is 59.1 Å². The van der Waals surface area contributed by atoms with Crippen LogP contribution in [-0.4, -0.2) is 48.7 Å². The van der Waals surface area contributed by atoms with Crippen LogP contribution < -0.4 is 21.3 Å². The summed E-state index contributed by atoms with van der Waals surface area (Å²) in [5.74, 6) is -6.34. The van der Waals surface area contributed by atoms with Crippen molar-refractivity contribution in [3.8, 4) is 0 Å². The number of carboxylic acid groups (broad SMARTS) is 2. The topological polar surface area (TPSA) is 171 Å². The molecule has 4 atom stereocenters. The molecule has 1 saturated heterocycles. The summed E-state index contributed by atoms with van der Waals surface area (Å²) in [7, 11) is 0. The molecule has 1 aliphatic heterocycles. The van der Waals surface area contributed by atoms with Crippen molar-refractivity contribution in [1.29, 1.82) is 0 Å². The van der Waals surface area contributed by atoms with Gasteiger partial charge >= 0.3 is 11.9 Å². The van der Waals surface area contributed by atoms with Crippen molar-refractivity contribution in [3.05, 3.63) is 106 Å². The Balaban J connectivity index is 0.000000287. The molecule has 0 bridgehead atoms. The van der Waals surface area contributed by atoms with Crippen LogP contribution in [0.1, 0.15) is 56.3 Å². The lowest BCUT2D eigenvalue weighted by atomic mass is 9.93. The fourth-order valence-corrected chi connectivity index (χ4v) is 4.29. The van der Waals surface area contributed by atoms with Crippen LogP contribution >= 0.6 is 11.6 Å². The van der Waals surface area contributed by atoms with E-state index in [-0.39, 0.29) is 17.2 Å². The van der Waals surface area contributed by atoms with Crippen LogP contribution in [0.2, 0.25) is 5.02 Å². The summed E-state index contributed by atoms with van der Waals surface area (Å²) in [5.41, 5.74) is 8.94. The molecule has 0 aliphatic carbocycles. The van der Waals surface area contributed by atoms with Gasteiger partial charge in [0.25, 0.3) is 0 Å². The van der Waals surface area contributed by atoms with E-state index in [1.54, 1.807) is 38.1 Å². The maximum atomic E-state index is 12.1. The largest absolute Gasteiger partial charge is 0.546 e. The lowest BCUT2D eigenvalue weighted by molar-refractivity contribution is -0.332. The Hall–Kier alpha value is -4.25. The Bertz CT molecular complexity index is 1300. The van der Waals surface area contributed by atoms with Gasteiger partial charge in [-0.15, -0.1) is 0 Å². The molecule has 3 aromatic rings. The minimum Gasteiger partial charge on any atom is -0.546 e. The van der Waals surface area contributed by atoms with Gasteiger partial charge in [-0.3, -0.25) is 0 Å². The van der Waals surface area contributed by atoms with Crippen LogP contribution in [-0.2, 0) is 19.1 Å². The molecule has 1 aliphatic rings. The Kier molecular flexibility index (Phi) is 11.6. The van der Waals surface area contributed by atoms with E-state index in [0.717, 1.165) is 29.1 Å². The Morgan fingerprint density at radius 1 is 0.786 bits per heavy atom. The van der Waals surface area contributed by atoms with Gasteiger partial charge < -0.3 is 40.3 Å². The molecule has 3 aromatic carbocycles. The summed E-state index contributed by atoms with van der Waals surface area (Å²) in [6.45, 7) is 4.60. The number of hydrogen-bond donors (Lipinski definition) is 2. The SMILES string of the molecule is Cc1ccc(C(=O)O[C@@H](C(=O)[O-])[C@@H](OC(=O)c2ccc(C)cc2)C(=O)[O-])cc1.N[C@H]1CCCN[C@H]1c1ccc(Cl)cc1. The van der Waals surface area contributed by atoms with Crippen molar-refractivity contribution >= 4 is 35.5 Å². The van der Waals surface area contributed by atoms with Gasteiger partial charge in [-0.05, 0) is 75.2 Å². The van der Waals surface area contributed by atoms with Gasteiger partial charge in [0.2, 0.25) is 0 Å². The van der Waals surface area contributed by atoms with Crippen molar-refractivity contribution in [2.75, 3.05) is 6.54 Å². The fourth-order valence-electron chi connectivity index (χ4n) is 4.16. The Morgan fingerprint density at radius 3 is 1.60 bits per heavy atom. The average Bonchev–Trinajstić information content (AvgIpc) is 2.96. The summed E-state index contributed by atoms with van der Waals surface area (Å²) in [6.07, 6.45) is -2.52. The van der Waals surface area contributed by atoms with E-state index in [1.807, 2.05) is 24.3 Å². The standard InChI is InChI=1S/C20H18O8.C11H15ClN2/c1-11-3-7-13(8-4-11)19(25)27-15(17(21)22)16(18(23)24)28-20(26)14-9-5-12(2)6-10-14;12-9-5-3-8(4-6-9)11-10(13)2-1-7-14-11/h3-10,15-16H,1-2H3,(H,21,22)(H,23,24);3-6,10-11,14H,1-2,7,13H2/p-2/t15-,16-;10-,11-/m10/s1. The number of esters is 2. The number of nitrogens with two attached hydrogens (primary N) is 1. The molecule has 42 heavy (non-hydrogen) atoms. The molecule has 0 amide bonds. The highest BCUT2D eigenvalue weighted by molar-refractivity contribution is 6.30. The van der Waals surface area contributed by atoms with Crippen molar-refractivity contribution in [3.63, 3.8) is 0 Å². The maximum Gasteiger partial charge on any atom is 0.338 e. The van der Waals surface area contributed by atoms with Crippen LogP contribution in [0.25, 0.3) is 0 Å². The van der Waals surface area contributed by atoms with E-state index in [4.69, 9.17) is 26.8 Å². The summed E-state index contributed by atoms with van der Waals surface area (Å²) >= 11 is 5.84. The number of rotatable bonds is 8. The van der Waals surface area contributed by atoms with Gasteiger partial charge in [-0.25, -0.2) is 9.59 Å². The number of nitrogens with one attached hydrogen (secondary N) is 1. The number of benzene rings is 3. The molecule has 0 spiro atoms. The molecular formula is C31H31ClN2O8-2. The number of aliphatic carboxylic acids is 2. The molecule has 0 unspecified atom stereocenters. The Labute approximate surface area is 248 Å². The number of halogens is 1. The van der Waals surface area contributed by atoms with E-state index >= 15 is 0 Å². The fraction of sp³-hybridized carbons (Fsp3) is 0.290. The first-order chi connectivity index (χ1) is 20.0. The molecule has 222 valence electrons. The summed E-state index contributed by atoms with van der Waals surface area (Å²) in [4.78, 5) is 47.0. The second-order valence-corrected chi connectivity index (χ2v) is 10.2. The van der Waals surface area contributed by atoms with Crippen LogP contribution in [0, 0.1) is 13.8 Å². The minimum atomic E-state index is -2.40. The zero-order valence-corrected chi connectivity index (χ0v) is 23.8. The lowest BCUT2D eigenvalue weighted by Crippen LogP contribution is -2.55. The molecule has 0 aromatic heterocycles. The lowest BCUT2D eigenvalue weighted by Gasteiger charge is -2.30. The van der Waals surface area contributed by atoms with Crippen LogP contribution in [0.3, 0.4) is 0 Å². The molecule has 1 fully saturated rings. The van der Waals surface area contributed by atoms with Gasteiger partial charge in [0.05, 0.1) is 23.1 Å². The highest BCUT2D eigenvalue weighted by atomic mass is 35.5. The molecule has 0 radical (unpaired) electrons. The third kappa shape index (κ3) is 9.13. The molecule has 4 rings (SSSR count). The van der Waals surface area contributed by atoms with Crippen LogP contribution in [0.15, 0.2) is 72.8 Å². The second kappa shape index (κ2) is 15.1. The third-order valence-electron chi connectivity index (χ3n) is 6.52. The summed E-state index contributed by atoms with van der Waals surface area (Å²) in [6, 6.07) is 20.3. The molecular weight excluding hydrogens is 564 g/mol. The maximum absolute atomic E-state index is 12.1. The first kappa shape index (κ1) is 32.3. The van der Waals surface area contributed by atoms with Gasteiger partial charge in [0.1, 0.15) is 0 Å². The molecule has 0 saturated carbocycles. The van der Waals surface area contributed by atoms with Crippen LogP contribution in [0.4, 0.5) is 0 Å². The van der Waals surface area contributed by atoms with Crippen LogP contribution in [0.5, 0.6) is 0 Å². The molecule has 1 heterocycles. The summed E-state index contributed by atoms with van der Waals surface area (Å²) < 4.78 is 9.44. The zero-order chi connectivity index (χ0) is 30.8. The number of piperidine rings is 1. The van der Waals surface area contributed by atoms with E-state index < -0.39 is 36.1 Å². The number of carboxylic acids is 2. The van der Waals surface area contributed by atoms with Gasteiger partial charge in [-0.2, -0.15) is 0 Å². The van der Waals surface area contributed by atoms with E-state index in [9.17, 15) is 29.4 Å². The minimum absolute atomic E-state index is 0.0150. The average molecular weight is 595 g/mol. The Morgan fingerprint density at radius 2 is 1.21 bits per heavy atom. The van der Waals surface area contributed by atoms with E-state index in [1.165, 1.54) is 36.2 Å².